The van der Waals surface area contributed by atoms with Crippen molar-refractivity contribution < 1.29 is 14.0 Å². The summed E-state index contributed by atoms with van der Waals surface area (Å²) in [5, 5.41) is 3.01. The van der Waals surface area contributed by atoms with E-state index in [-0.39, 0.29) is 17.8 Å². The van der Waals surface area contributed by atoms with Crippen molar-refractivity contribution in [2.24, 2.45) is 0 Å². The minimum absolute atomic E-state index is 0.116. The molecule has 0 saturated carbocycles. The number of rotatable bonds is 7. The van der Waals surface area contributed by atoms with Gasteiger partial charge in [0.15, 0.2) is 0 Å². The maximum Gasteiger partial charge on any atom is 0.326 e. The number of anilines is 2. The van der Waals surface area contributed by atoms with Gasteiger partial charge in [0.2, 0.25) is 5.91 Å². The Morgan fingerprint density at radius 3 is 2.36 bits per heavy atom. The number of benzene rings is 2. The van der Waals surface area contributed by atoms with Crippen LogP contribution in [-0.2, 0) is 17.8 Å². The van der Waals surface area contributed by atoms with Crippen molar-refractivity contribution in [1.82, 2.24) is 19.4 Å². The second-order valence-corrected chi connectivity index (χ2v) is 12.1. The van der Waals surface area contributed by atoms with Crippen LogP contribution in [0.5, 0.6) is 0 Å². The number of nitrogens with one attached hydrogen (secondary N) is 1. The van der Waals surface area contributed by atoms with Crippen LogP contribution in [0, 0.1) is 19.7 Å². The van der Waals surface area contributed by atoms with Crippen LogP contribution in [0.15, 0.2) is 48.5 Å². The molecule has 3 aromatic rings. The van der Waals surface area contributed by atoms with Gasteiger partial charge in [0.25, 0.3) is 0 Å². The molecule has 2 aromatic carbocycles. The fourth-order valence-corrected chi connectivity index (χ4v) is 7.32. The topological polar surface area (TPSA) is 73.7 Å². The Labute approximate surface area is 247 Å². The second-order valence-electron chi connectivity index (χ2n) is 12.1. The van der Waals surface area contributed by atoms with E-state index in [1.807, 2.05) is 36.1 Å². The van der Waals surface area contributed by atoms with E-state index in [1.54, 1.807) is 24.0 Å². The quantitative estimate of drug-likeness (QED) is 0.386. The highest BCUT2D eigenvalue weighted by Crippen LogP contribution is 2.42. The first-order chi connectivity index (χ1) is 20.3. The monoisotopic (exact) mass is 572 g/mol. The lowest BCUT2D eigenvalue weighted by atomic mass is 9.95. The summed E-state index contributed by atoms with van der Waals surface area (Å²) in [7, 11) is 0. The minimum atomic E-state index is -0.317. The third-order valence-corrected chi connectivity index (χ3v) is 9.38. The van der Waals surface area contributed by atoms with E-state index in [0.29, 0.717) is 36.9 Å². The third kappa shape index (κ3) is 5.79. The molecule has 3 amide bonds. The van der Waals surface area contributed by atoms with E-state index < -0.39 is 0 Å². The van der Waals surface area contributed by atoms with E-state index in [4.69, 9.17) is 4.98 Å². The predicted octanol–water partition coefficient (Wildman–Crippen LogP) is 5.84. The summed E-state index contributed by atoms with van der Waals surface area (Å²) in [4.78, 5) is 36.5. The fourth-order valence-electron chi connectivity index (χ4n) is 7.32. The molecule has 8 nitrogen and oxygen atoms in total. The summed E-state index contributed by atoms with van der Waals surface area (Å²) >= 11 is 0. The minimum Gasteiger partial charge on any atom is -0.337 e. The fraction of sp³-hybridized carbons (Fsp3) is 0.485. The summed E-state index contributed by atoms with van der Waals surface area (Å²) < 4.78 is 16.2. The van der Waals surface area contributed by atoms with Gasteiger partial charge in [-0.15, -0.1) is 0 Å². The van der Waals surface area contributed by atoms with E-state index >= 15 is 0 Å². The van der Waals surface area contributed by atoms with Gasteiger partial charge >= 0.3 is 6.03 Å². The van der Waals surface area contributed by atoms with Crippen LogP contribution in [0.2, 0.25) is 0 Å². The average Bonchev–Trinajstić information content (AvgIpc) is 3.42. The lowest BCUT2D eigenvalue weighted by molar-refractivity contribution is -0.129. The SMILES string of the molecule is CC(=O)N1CCc2c(nc(C)n2C2CC3CC[C@@H](C2)N3CCCN(C(=O)Nc2ccc(C)cc2)c2ccc(F)cc2)C1. The van der Waals surface area contributed by atoms with Crippen molar-refractivity contribution in [2.75, 3.05) is 29.9 Å². The molecular formula is C33H41FN6O2. The highest BCUT2D eigenvalue weighted by molar-refractivity contribution is 6.01. The standard InChI is InChI=1S/C33H41FN6O2/c1-22-5-9-26(10-6-22)36-33(42)39(27-11-7-25(34)8-12-27)17-4-16-38-28-13-14-29(38)20-30(19-28)40-23(2)35-31-21-37(24(3)41)18-15-32(31)40/h5-12,28-30H,4,13-21H2,1-3H3,(H,36,42)/t28-,29?,30?/m0/s1. The zero-order valence-corrected chi connectivity index (χ0v) is 24.9. The number of imidazole rings is 1. The van der Waals surface area contributed by atoms with Crippen LogP contribution < -0.4 is 10.2 Å². The number of hydrogen-bond acceptors (Lipinski definition) is 4. The van der Waals surface area contributed by atoms with Crippen LogP contribution in [0.1, 0.15) is 67.8 Å². The number of piperidine rings is 1. The van der Waals surface area contributed by atoms with Gasteiger partial charge in [-0.25, -0.2) is 14.2 Å². The van der Waals surface area contributed by atoms with Crippen LogP contribution in [0.4, 0.5) is 20.6 Å². The molecule has 4 heterocycles. The molecule has 0 spiro atoms. The molecule has 2 fully saturated rings. The third-order valence-electron chi connectivity index (χ3n) is 9.38. The number of aryl methyl sites for hydroxylation is 2. The van der Waals surface area contributed by atoms with Crippen LogP contribution in [0.25, 0.3) is 0 Å². The van der Waals surface area contributed by atoms with Gasteiger partial charge < -0.3 is 14.8 Å². The van der Waals surface area contributed by atoms with Gasteiger partial charge in [-0.05, 0) is 82.3 Å². The number of halogens is 1. The second kappa shape index (κ2) is 11.9. The number of fused-ring (bicyclic) bond motifs is 3. The van der Waals surface area contributed by atoms with Gasteiger partial charge in [-0.2, -0.15) is 0 Å². The Morgan fingerprint density at radius 1 is 1.00 bits per heavy atom. The molecule has 42 heavy (non-hydrogen) atoms. The molecule has 9 heteroatoms. The Morgan fingerprint density at radius 2 is 1.69 bits per heavy atom. The summed E-state index contributed by atoms with van der Waals surface area (Å²) in [6.07, 6.45) is 6.31. The first-order valence-corrected chi connectivity index (χ1v) is 15.3. The molecule has 3 aliphatic heterocycles. The molecule has 3 atom stereocenters. The number of carbonyl (C=O) groups is 2. The molecule has 2 unspecified atom stereocenters. The van der Waals surface area contributed by atoms with E-state index in [2.05, 4.69) is 21.7 Å². The highest BCUT2D eigenvalue weighted by atomic mass is 19.1. The zero-order valence-electron chi connectivity index (χ0n) is 24.9. The lowest BCUT2D eigenvalue weighted by Crippen LogP contribution is -2.45. The Balaban J connectivity index is 1.10. The molecule has 1 N–H and O–H groups in total. The maximum atomic E-state index is 13.7. The van der Waals surface area contributed by atoms with Crippen molar-refractivity contribution in [2.45, 2.75) is 84.0 Å². The van der Waals surface area contributed by atoms with Crippen LogP contribution in [-0.4, -0.2) is 63.0 Å². The largest absolute Gasteiger partial charge is 0.337 e. The normalized spacial score (nSPS) is 21.7. The van der Waals surface area contributed by atoms with Crippen molar-refractivity contribution in [3.63, 3.8) is 0 Å². The molecule has 0 radical (unpaired) electrons. The molecule has 0 aliphatic carbocycles. The van der Waals surface area contributed by atoms with E-state index in [9.17, 15) is 14.0 Å². The van der Waals surface area contributed by atoms with E-state index in [0.717, 1.165) is 61.5 Å². The summed E-state index contributed by atoms with van der Waals surface area (Å²) in [6.45, 7) is 8.61. The van der Waals surface area contributed by atoms with Gasteiger partial charge in [0, 0.05) is 68.2 Å². The Bertz CT molecular complexity index is 1420. The highest BCUT2D eigenvalue weighted by Gasteiger charge is 2.42. The van der Waals surface area contributed by atoms with Crippen molar-refractivity contribution in [3.8, 4) is 0 Å². The summed E-state index contributed by atoms with van der Waals surface area (Å²) in [5.41, 5.74) is 4.94. The van der Waals surface area contributed by atoms with Gasteiger partial charge in [-0.3, -0.25) is 14.6 Å². The van der Waals surface area contributed by atoms with E-state index in [1.165, 1.54) is 30.7 Å². The molecule has 3 aliphatic rings. The van der Waals surface area contributed by atoms with Crippen molar-refractivity contribution in [1.29, 1.82) is 0 Å². The number of hydrogen-bond donors (Lipinski definition) is 1. The number of carbonyl (C=O) groups excluding carboxylic acids is 2. The van der Waals surface area contributed by atoms with Crippen molar-refractivity contribution >= 4 is 23.3 Å². The molecular weight excluding hydrogens is 531 g/mol. The molecule has 222 valence electrons. The summed E-state index contributed by atoms with van der Waals surface area (Å²) in [5.74, 6) is 0.866. The van der Waals surface area contributed by atoms with Crippen LogP contribution >= 0.6 is 0 Å². The molecule has 2 saturated heterocycles. The number of urea groups is 1. The van der Waals surface area contributed by atoms with Gasteiger partial charge in [-0.1, -0.05) is 17.7 Å². The number of aromatic nitrogens is 2. The first-order valence-electron chi connectivity index (χ1n) is 15.3. The number of nitrogens with zero attached hydrogens (tertiary/aromatic N) is 5. The lowest BCUT2D eigenvalue weighted by Gasteiger charge is -2.41. The molecule has 1 aromatic heterocycles. The van der Waals surface area contributed by atoms with Crippen molar-refractivity contribution in [3.05, 3.63) is 77.1 Å². The van der Waals surface area contributed by atoms with Gasteiger partial charge in [0.05, 0.1) is 12.2 Å². The zero-order chi connectivity index (χ0) is 29.4. The average molecular weight is 573 g/mol. The van der Waals surface area contributed by atoms with Crippen LogP contribution in [0.3, 0.4) is 0 Å². The Hall–Kier alpha value is -3.72. The molecule has 2 bridgehead atoms. The maximum absolute atomic E-state index is 13.7. The predicted molar refractivity (Wildman–Crippen MR) is 162 cm³/mol. The summed E-state index contributed by atoms with van der Waals surface area (Å²) in [6, 6.07) is 15.2. The molecule has 6 rings (SSSR count). The van der Waals surface area contributed by atoms with Gasteiger partial charge in [0.1, 0.15) is 11.6 Å². The first kappa shape index (κ1) is 28.4. The Kier molecular flexibility index (Phi) is 8.03. The smallest absolute Gasteiger partial charge is 0.326 e. The number of amides is 3.